The summed E-state index contributed by atoms with van der Waals surface area (Å²) in [6, 6.07) is 1.12. The summed E-state index contributed by atoms with van der Waals surface area (Å²) < 4.78 is 43.4. The zero-order valence-electron chi connectivity index (χ0n) is 9.39. The highest BCUT2D eigenvalue weighted by molar-refractivity contribution is 5.93. The standard InChI is InChI=1S/C12H11F3O2/c1-3-17-12(16)7(2)4-8-5-10(14)11(15)6-9(8)13/h4-6H,3H2,1-2H3/b7-4+. The molecular formula is C12H11F3O2. The van der Waals surface area contributed by atoms with Gasteiger partial charge < -0.3 is 4.74 Å². The largest absolute Gasteiger partial charge is 0.463 e. The maximum Gasteiger partial charge on any atom is 0.333 e. The smallest absolute Gasteiger partial charge is 0.333 e. The van der Waals surface area contributed by atoms with Gasteiger partial charge in [-0.05, 0) is 26.0 Å². The van der Waals surface area contributed by atoms with E-state index in [0.717, 1.165) is 6.08 Å². The molecule has 0 atom stereocenters. The van der Waals surface area contributed by atoms with Crippen LogP contribution in [0.25, 0.3) is 6.08 Å². The molecule has 1 rings (SSSR count). The minimum Gasteiger partial charge on any atom is -0.463 e. The Hall–Kier alpha value is -1.78. The normalized spacial score (nSPS) is 11.5. The number of halogens is 3. The molecule has 0 heterocycles. The van der Waals surface area contributed by atoms with Crippen LogP contribution >= 0.6 is 0 Å². The number of hydrogen-bond acceptors (Lipinski definition) is 2. The summed E-state index contributed by atoms with van der Waals surface area (Å²) in [4.78, 5) is 11.2. The maximum absolute atomic E-state index is 13.2. The van der Waals surface area contributed by atoms with Gasteiger partial charge >= 0.3 is 5.97 Å². The number of ether oxygens (including phenoxy) is 1. The van der Waals surface area contributed by atoms with Crippen LogP contribution < -0.4 is 0 Å². The highest BCUT2D eigenvalue weighted by Gasteiger charge is 2.10. The summed E-state index contributed by atoms with van der Waals surface area (Å²) in [7, 11) is 0. The molecule has 0 aliphatic heterocycles. The van der Waals surface area contributed by atoms with Crippen LogP contribution in [-0.4, -0.2) is 12.6 Å². The van der Waals surface area contributed by atoms with Gasteiger partial charge in [-0.15, -0.1) is 0 Å². The summed E-state index contributed by atoms with van der Waals surface area (Å²) in [6.07, 6.45) is 1.11. The van der Waals surface area contributed by atoms with E-state index in [1.54, 1.807) is 6.92 Å². The Morgan fingerprint density at radius 3 is 2.41 bits per heavy atom. The molecule has 0 radical (unpaired) electrons. The fourth-order valence-corrected chi connectivity index (χ4v) is 1.19. The van der Waals surface area contributed by atoms with Crippen LogP contribution in [0.15, 0.2) is 17.7 Å². The van der Waals surface area contributed by atoms with E-state index in [9.17, 15) is 18.0 Å². The van der Waals surface area contributed by atoms with E-state index < -0.39 is 23.4 Å². The molecule has 0 aromatic heterocycles. The predicted octanol–water partition coefficient (Wildman–Crippen LogP) is 3.07. The molecule has 2 nitrogen and oxygen atoms in total. The predicted molar refractivity (Wildman–Crippen MR) is 56.6 cm³/mol. The second kappa shape index (κ2) is 5.52. The summed E-state index contributed by atoms with van der Waals surface area (Å²) in [5, 5.41) is 0. The SMILES string of the molecule is CCOC(=O)/C(C)=C/c1cc(F)c(F)cc1F. The van der Waals surface area contributed by atoms with Gasteiger partial charge in [-0.2, -0.15) is 0 Å². The van der Waals surface area contributed by atoms with Crippen molar-refractivity contribution in [1.29, 1.82) is 0 Å². The number of hydrogen-bond donors (Lipinski definition) is 0. The van der Waals surface area contributed by atoms with Gasteiger partial charge in [0.25, 0.3) is 0 Å². The third-order valence-electron chi connectivity index (χ3n) is 2.01. The molecule has 0 aliphatic rings. The highest BCUT2D eigenvalue weighted by Crippen LogP contribution is 2.17. The zero-order valence-corrected chi connectivity index (χ0v) is 9.39. The molecule has 1 aromatic carbocycles. The van der Waals surface area contributed by atoms with Crippen LogP contribution in [-0.2, 0) is 9.53 Å². The molecule has 1 aromatic rings. The lowest BCUT2D eigenvalue weighted by Gasteiger charge is -2.03. The van der Waals surface area contributed by atoms with Crippen molar-refractivity contribution in [3.05, 3.63) is 40.7 Å². The van der Waals surface area contributed by atoms with Gasteiger partial charge in [-0.25, -0.2) is 18.0 Å². The van der Waals surface area contributed by atoms with Gasteiger partial charge in [-0.1, -0.05) is 0 Å². The van der Waals surface area contributed by atoms with Gasteiger partial charge in [0.15, 0.2) is 11.6 Å². The number of esters is 1. The lowest BCUT2D eigenvalue weighted by molar-refractivity contribution is -0.138. The van der Waals surface area contributed by atoms with E-state index in [-0.39, 0.29) is 17.7 Å². The molecule has 0 saturated carbocycles. The van der Waals surface area contributed by atoms with Crippen molar-refractivity contribution in [3.8, 4) is 0 Å². The molecule has 0 unspecified atom stereocenters. The third-order valence-corrected chi connectivity index (χ3v) is 2.01. The molecule has 0 N–H and O–H groups in total. The average molecular weight is 244 g/mol. The van der Waals surface area contributed by atoms with Crippen LogP contribution in [0.5, 0.6) is 0 Å². The van der Waals surface area contributed by atoms with E-state index in [4.69, 9.17) is 0 Å². The van der Waals surface area contributed by atoms with E-state index >= 15 is 0 Å². The van der Waals surface area contributed by atoms with E-state index in [0.29, 0.717) is 12.1 Å². The minimum atomic E-state index is -1.27. The Kier molecular flexibility index (Phi) is 4.31. The van der Waals surface area contributed by atoms with Gasteiger partial charge in [-0.3, -0.25) is 0 Å². The highest BCUT2D eigenvalue weighted by atomic mass is 19.2. The topological polar surface area (TPSA) is 26.3 Å². The van der Waals surface area contributed by atoms with Crippen LogP contribution in [0.4, 0.5) is 13.2 Å². The van der Waals surface area contributed by atoms with Crippen molar-refractivity contribution in [2.45, 2.75) is 13.8 Å². The number of rotatable bonds is 3. The summed E-state index contributed by atoms with van der Waals surface area (Å²) >= 11 is 0. The van der Waals surface area contributed by atoms with Crippen LogP contribution in [0.1, 0.15) is 19.4 Å². The zero-order chi connectivity index (χ0) is 13.0. The minimum absolute atomic E-state index is 0.108. The quantitative estimate of drug-likeness (QED) is 0.464. The molecular weight excluding hydrogens is 233 g/mol. The van der Waals surface area contributed by atoms with Crippen molar-refractivity contribution in [3.63, 3.8) is 0 Å². The Morgan fingerprint density at radius 1 is 1.24 bits per heavy atom. The van der Waals surface area contributed by atoms with Crippen molar-refractivity contribution in [1.82, 2.24) is 0 Å². The molecule has 0 saturated heterocycles. The molecule has 0 fully saturated rings. The van der Waals surface area contributed by atoms with Gasteiger partial charge in [0, 0.05) is 17.2 Å². The Bertz CT molecular complexity index is 467. The molecule has 92 valence electrons. The lowest BCUT2D eigenvalue weighted by atomic mass is 10.1. The fraction of sp³-hybridized carbons (Fsp3) is 0.250. The summed E-state index contributed by atoms with van der Waals surface area (Å²) in [6.45, 7) is 3.21. The summed E-state index contributed by atoms with van der Waals surface area (Å²) in [5.74, 6) is -4.01. The first-order valence-electron chi connectivity index (χ1n) is 4.95. The first-order valence-corrected chi connectivity index (χ1v) is 4.95. The molecule has 0 amide bonds. The van der Waals surface area contributed by atoms with Gasteiger partial charge in [0.05, 0.1) is 6.61 Å². The molecule has 0 spiro atoms. The number of carbonyl (C=O) groups is 1. The molecule has 5 heteroatoms. The van der Waals surface area contributed by atoms with E-state index in [2.05, 4.69) is 4.74 Å². The Labute approximate surface area is 96.7 Å². The molecule has 0 bridgehead atoms. The van der Waals surface area contributed by atoms with Gasteiger partial charge in [0.1, 0.15) is 5.82 Å². The molecule has 17 heavy (non-hydrogen) atoms. The van der Waals surface area contributed by atoms with Crippen molar-refractivity contribution >= 4 is 12.0 Å². The van der Waals surface area contributed by atoms with Crippen molar-refractivity contribution < 1.29 is 22.7 Å². The van der Waals surface area contributed by atoms with Crippen molar-refractivity contribution in [2.75, 3.05) is 6.61 Å². The number of carbonyl (C=O) groups excluding carboxylic acids is 1. The second-order valence-electron chi connectivity index (χ2n) is 3.34. The van der Waals surface area contributed by atoms with Crippen LogP contribution in [0.3, 0.4) is 0 Å². The first kappa shape index (κ1) is 13.3. The van der Waals surface area contributed by atoms with E-state index in [1.165, 1.54) is 6.92 Å². The van der Waals surface area contributed by atoms with Crippen LogP contribution in [0.2, 0.25) is 0 Å². The second-order valence-corrected chi connectivity index (χ2v) is 3.34. The Morgan fingerprint density at radius 2 is 1.82 bits per heavy atom. The first-order chi connectivity index (χ1) is 7.95. The number of benzene rings is 1. The van der Waals surface area contributed by atoms with E-state index in [1.807, 2.05) is 0 Å². The monoisotopic (exact) mass is 244 g/mol. The molecule has 0 aliphatic carbocycles. The fourth-order valence-electron chi connectivity index (χ4n) is 1.19. The van der Waals surface area contributed by atoms with Gasteiger partial charge in [0.2, 0.25) is 0 Å². The average Bonchev–Trinajstić information content (AvgIpc) is 2.26. The maximum atomic E-state index is 13.2. The lowest BCUT2D eigenvalue weighted by Crippen LogP contribution is -2.05. The van der Waals surface area contributed by atoms with Crippen molar-refractivity contribution in [2.24, 2.45) is 0 Å². The Balaban J connectivity index is 3.06. The summed E-state index contributed by atoms with van der Waals surface area (Å²) in [5.41, 5.74) is -0.0915. The van der Waals surface area contributed by atoms with Crippen LogP contribution in [0, 0.1) is 17.5 Å². The third kappa shape index (κ3) is 3.34.